The van der Waals surface area contributed by atoms with E-state index in [-0.39, 0.29) is 16.5 Å². The maximum atomic E-state index is 7.13. The standard InChI is InChI=1S/2CHNS.Ni/c2*2-1-3;/h2*3H;/q;;+2/p-2. The molecule has 2 nitrogen and oxygen atoms in total. The fourth-order valence-electron chi connectivity index (χ4n) is 0. The molecular formula is C2N2NiS2. The van der Waals surface area contributed by atoms with Gasteiger partial charge in [0.15, 0.2) is 0 Å². The Balaban J connectivity index is -0.0000000400. The van der Waals surface area contributed by atoms with Crippen LogP contribution in [-0.2, 0) is 41.7 Å². The van der Waals surface area contributed by atoms with Gasteiger partial charge in [-0.15, -0.1) is 0 Å². The van der Waals surface area contributed by atoms with Gasteiger partial charge in [0.2, 0.25) is 0 Å². The third-order valence-electron chi connectivity index (χ3n) is 0. The van der Waals surface area contributed by atoms with Gasteiger partial charge in [-0.2, -0.15) is 0 Å². The first-order valence-corrected chi connectivity index (χ1v) is 1.67. The largest absolute Gasteiger partial charge is 2.00 e. The van der Waals surface area contributed by atoms with E-state index in [1.54, 1.807) is 0 Å². The first-order chi connectivity index (χ1) is 2.83. The van der Waals surface area contributed by atoms with Crippen molar-refractivity contribution >= 4 is 25.3 Å². The minimum absolute atomic E-state index is 0. The molecule has 0 aliphatic heterocycles. The molecular weight excluding hydrogens is 175 g/mol. The van der Waals surface area contributed by atoms with Crippen molar-refractivity contribution in [2.75, 3.05) is 0 Å². The molecule has 0 unspecified atom stereocenters. The molecule has 0 bridgehead atoms. The van der Waals surface area contributed by atoms with Gasteiger partial charge in [0.1, 0.15) is 0 Å². The molecule has 0 spiro atoms. The van der Waals surface area contributed by atoms with Crippen molar-refractivity contribution in [2.24, 2.45) is 0 Å². The summed E-state index contributed by atoms with van der Waals surface area (Å²) in [6.45, 7) is 0. The van der Waals surface area contributed by atoms with Crippen LogP contribution in [0.1, 0.15) is 0 Å². The van der Waals surface area contributed by atoms with Gasteiger partial charge >= 0.3 is 16.5 Å². The minimum Gasteiger partial charge on any atom is -0.696 e. The molecule has 0 aromatic carbocycles. The van der Waals surface area contributed by atoms with Crippen LogP contribution in [0.15, 0.2) is 0 Å². The Morgan fingerprint density at radius 2 is 1.00 bits per heavy atom. The Morgan fingerprint density at radius 3 is 1.00 bits per heavy atom. The van der Waals surface area contributed by atoms with Crippen LogP contribution in [0.2, 0.25) is 0 Å². The fraction of sp³-hybridized carbons (Fsp3) is 0. The van der Waals surface area contributed by atoms with Crippen LogP contribution in [-0.4, -0.2) is 0 Å². The van der Waals surface area contributed by atoms with Crippen LogP contribution >= 0.6 is 0 Å². The van der Waals surface area contributed by atoms with E-state index in [4.69, 9.17) is 10.5 Å². The van der Waals surface area contributed by atoms with E-state index in [9.17, 15) is 0 Å². The number of rotatable bonds is 0. The minimum atomic E-state index is 0. The first kappa shape index (κ1) is 15.8. The molecule has 0 aliphatic rings. The average molecular weight is 175 g/mol. The van der Waals surface area contributed by atoms with Crippen molar-refractivity contribution in [1.82, 2.24) is 0 Å². The summed E-state index contributed by atoms with van der Waals surface area (Å²) >= 11 is 7.40. The maximum absolute atomic E-state index is 7.13. The molecule has 0 atom stereocenters. The van der Waals surface area contributed by atoms with Gasteiger partial charge in [-0.05, 0) is 0 Å². The molecule has 40 valence electrons. The predicted molar refractivity (Wildman–Crippen MR) is 26.0 cm³/mol. The summed E-state index contributed by atoms with van der Waals surface area (Å²) in [7, 11) is 0. The second-order valence-electron chi connectivity index (χ2n) is 0.183. The van der Waals surface area contributed by atoms with E-state index in [1.165, 1.54) is 10.8 Å². The van der Waals surface area contributed by atoms with E-state index in [2.05, 4.69) is 25.3 Å². The number of hydrogen-bond donors (Lipinski definition) is 0. The third-order valence-corrected chi connectivity index (χ3v) is 0. The maximum Gasteiger partial charge on any atom is 2.00 e. The molecule has 0 N–H and O–H groups in total. The van der Waals surface area contributed by atoms with Gasteiger partial charge in [0.05, 0.1) is 0 Å². The van der Waals surface area contributed by atoms with Gasteiger partial charge < -0.3 is 25.3 Å². The summed E-state index contributed by atoms with van der Waals surface area (Å²) in [5, 5.41) is 16.9. The van der Waals surface area contributed by atoms with E-state index in [0.29, 0.717) is 0 Å². The van der Waals surface area contributed by atoms with Gasteiger partial charge in [0, 0.05) is 0 Å². The molecule has 0 saturated heterocycles. The predicted octanol–water partition coefficient (Wildman–Crippen LogP) is 0.0263. The topological polar surface area (TPSA) is 47.6 Å². The molecule has 0 aromatic rings. The van der Waals surface area contributed by atoms with Crippen molar-refractivity contribution in [1.29, 1.82) is 10.5 Å². The molecule has 0 aliphatic carbocycles. The van der Waals surface area contributed by atoms with Gasteiger partial charge in [0.25, 0.3) is 0 Å². The summed E-state index contributed by atoms with van der Waals surface area (Å²) < 4.78 is 0. The summed E-state index contributed by atoms with van der Waals surface area (Å²) in [6.07, 6.45) is 0. The summed E-state index contributed by atoms with van der Waals surface area (Å²) in [5.74, 6) is 0. The average Bonchev–Trinajstić information content (AvgIpc) is 1.39. The fourth-order valence-corrected chi connectivity index (χ4v) is 0. The second-order valence-corrected chi connectivity index (χ2v) is 0.548. The smallest absolute Gasteiger partial charge is 0.696 e. The van der Waals surface area contributed by atoms with Crippen LogP contribution in [0.25, 0.3) is 0 Å². The van der Waals surface area contributed by atoms with E-state index < -0.39 is 0 Å². The van der Waals surface area contributed by atoms with Crippen molar-refractivity contribution in [3.63, 3.8) is 0 Å². The van der Waals surface area contributed by atoms with Gasteiger partial charge in [-0.3, -0.25) is 0 Å². The Kier molecular flexibility index (Phi) is 87.9. The zero-order valence-electron chi connectivity index (χ0n) is 3.03. The monoisotopic (exact) mass is 174 g/mol. The molecule has 0 heterocycles. The Labute approximate surface area is 63.3 Å². The van der Waals surface area contributed by atoms with Crippen LogP contribution in [0.5, 0.6) is 0 Å². The van der Waals surface area contributed by atoms with Crippen molar-refractivity contribution in [2.45, 2.75) is 0 Å². The Bertz CT molecular complexity index is 68.7. The zero-order chi connectivity index (χ0) is 5.41. The third kappa shape index (κ3) is 12100. The van der Waals surface area contributed by atoms with Crippen molar-refractivity contribution in [3.8, 4) is 10.8 Å². The number of thiocyanates is 2. The van der Waals surface area contributed by atoms with Crippen molar-refractivity contribution in [3.05, 3.63) is 0 Å². The molecule has 0 aromatic heterocycles. The number of nitriles is 2. The van der Waals surface area contributed by atoms with Crippen molar-refractivity contribution < 1.29 is 16.5 Å². The summed E-state index contributed by atoms with van der Waals surface area (Å²) in [6, 6.07) is 0. The normalized spacial score (nSPS) is 2.00. The van der Waals surface area contributed by atoms with Crippen LogP contribution in [0.4, 0.5) is 0 Å². The zero-order valence-corrected chi connectivity index (χ0v) is 5.65. The summed E-state index contributed by atoms with van der Waals surface area (Å²) in [5.41, 5.74) is 0. The molecule has 0 rings (SSSR count). The molecule has 0 amide bonds. The quantitative estimate of drug-likeness (QED) is 0.296. The van der Waals surface area contributed by atoms with Gasteiger partial charge in [-0.1, -0.05) is 10.8 Å². The summed E-state index contributed by atoms with van der Waals surface area (Å²) in [4.78, 5) is 0. The number of nitrogens with zero attached hydrogens (tertiary/aromatic N) is 2. The van der Waals surface area contributed by atoms with Crippen LogP contribution < -0.4 is 0 Å². The van der Waals surface area contributed by atoms with Gasteiger partial charge in [-0.25, -0.2) is 10.5 Å². The molecule has 0 radical (unpaired) electrons. The van der Waals surface area contributed by atoms with Crippen LogP contribution in [0, 0.1) is 21.3 Å². The SMILES string of the molecule is N#C[S-].N#C[S-].[Ni+2]. The van der Waals surface area contributed by atoms with Crippen LogP contribution in [0.3, 0.4) is 0 Å². The van der Waals surface area contributed by atoms with E-state index in [1.807, 2.05) is 0 Å². The molecule has 7 heavy (non-hydrogen) atoms. The second kappa shape index (κ2) is 39.0. The Morgan fingerprint density at radius 1 is 1.00 bits per heavy atom. The molecule has 0 saturated carbocycles. The Hall–Kier alpha value is -0.0865. The molecule has 0 fully saturated rings. The molecule has 5 heteroatoms. The van der Waals surface area contributed by atoms with E-state index in [0.717, 1.165) is 0 Å². The van der Waals surface area contributed by atoms with E-state index >= 15 is 0 Å². The number of hydrogen-bond acceptors (Lipinski definition) is 4. The first-order valence-electron chi connectivity index (χ1n) is 0.855.